The van der Waals surface area contributed by atoms with Crippen LogP contribution in [0.4, 0.5) is 15.8 Å². The predicted octanol–water partition coefficient (Wildman–Crippen LogP) is 4.36. The SMILES string of the molecule is CSc1ccc(C(=O)Nc2ccc(F)c(Cl)c2)cc1[N+](=O)[O-]. The Morgan fingerprint density at radius 2 is 2.05 bits per heavy atom. The molecule has 1 amide bonds. The molecule has 2 rings (SSSR count). The molecule has 0 aliphatic carbocycles. The van der Waals surface area contributed by atoms with Gasteiger partial charge in [-0.1, -0.05) is 11.6 Å². The van der Waals surface area contributed by atoms with Crippen molar-refractivity contribution in [1.29, 1.82) is 0 Å². The van der Waals surface area contributed by atoms with E-state index in [1.165, 1.54) is 42.1 Å². The standard InChI is InChI=1S/C14H10ClFN2O3S/c1-22-13-5-2-8(6-12(13)18(20)21)14(19)17-9-3-4-11(16)10(15)7-9/h2-7H,1H3,(H,17,19). The Bertz CT molecular complexity index is 755. The maximum atomic E-state index is 13.1. The molecule has 5 nitrogen and oxygen atoms in total. The van der Waals surface area contributed by atoms with Crippen molar-refractivity contribution < 1.29 is 14.1 Å². The smallest absolute Gasteiger partial charge is 0.283 e. The first kappa shape index (κ1) is 16.3. The molecule has 0 bridgehead atoms. The van der Waals surface area contributed by atoms with E-state index in [-0.39, 0.29) is 16.3 Å². The van der Waals surface area contributed by atoms with Crippen LogP contribution < -0.4 is 5.32 Å². The Morgan fingerprint density at radius 3 is 2.64 bits per heavy atom. The van der Waals surface area contributed by atoms with Gasteiger partial charge in [-0.2, -0.15) is 0 Å². The highest BCUT2D eigenvalue weighted by atomic mass is 35.5. The number of nitrogens with one attached hydrogen (secondary N) is 1. The number of rotatable bonds is 4. The molecule has 8 heteroatoms. The number of nitro groups is 1. The number of hydrogen-bond donors (Lipinski definition) is 1. The van der Waals surface area contributed by atoms with Gasteiger partial charge in [-0.25, -0.2) is 4.39 Å². The molecule has 0 radical (unpaired) electrons. The number of carbonyl (C=O) groups excluding carboxylic acids is 1. The van der Waals surface area contributed by atoms with Crippen molar-refractivity contribution >= 4 is 40.6 Å². The first-order valence-electron chi connectivity index (χ1n) is 6.01. The number of carbonyl (C=O) groups is 1. The fraction of sp³-hybridized carbons (Fsp3) is 0.0714. The van der Waals surface area contributed by atoms with Gasteiger partial charge in [-0.05, 0) is 36.6 Å². The average Bonchev–Trinajstić information content (AvgIpc) is 2.50. The molecule has 2 aromatic carbocycles. The molecule has 0 aromatic heterocycles. The van der Waals surface area contributed by atoms with Gasteiger partial charge in [0.15, 0.2) is 0 Å². The van der Waals surface area contributed by atoms with Gasteiger partial charge in [0, 0.05) is 17.3 Å². The second-order valence-electron chi connectivity index (χ2n) is 4.23. The van der Waals surface area contributed by atoms with Crippen molar-refractivity contribution in [1.82, 2.24) is 0 Å². The molecule has 0 saturated heterocycles. The van der Waals surface area contributed by atoms with Gasteiger partial charge in [-0.3, -0.25) is 14.9 Å². The first-order valence-corrected chi connectivity index (χ1v) is 7.61. The van der Waals surface area contributed by atoms with E-state index in [1.54, 1.807) is 6.26 Å². The summed E-state index contributed by atoms with van der Waals surface area (Å²) in [5, 5.41) is 13.4. The number of nitro benzene ring substituents is 1. The van der Waals surface area contributed by atoms with Gasteiger partial charge in [-0.15, -0.1) is 11.8 Å². The first-order chi connectivity index (χ1) is 10.4. The van der Waals surface area contributed by atoms with E-state index in [0.717, 1.165) is 6.07 Å². The summed E-state index contributed by atoms with van der Waals surface area (Å²) < 4.78 is 13.1. The molecule has 2 aromatic rings. The Hall–Kier alpha value is -2.12. The Morgan fingerprint density at radius 1 is 1.32 bits per heavy atom. The minimum absolute atomic E-state index is 0.124. The van der Waals surface area contributed by atoms with Crippen LogP contribution in [-0.2, 0) is 0 Å². The Balaban J connectivity index is 2.27. The van der Waals surface area contributed by atoms with E-state index in [2.05, 4.69) is 5.32 Å². The molecule has 114 valence electrons. The third-order valence-electron chi connectivity index (χ3n) is 2.82. The zero-order valence-corrected chi connectivity index (χ0v) is 12.9. The molecule has 0 heterocycles. The zero-order chi connectivity index (χ0) is 16.3. The molecule has 0 spiro atoms. The van der Waals surface area contributed by atoms with Crippen LogP contribution in [0.15, 0.2) is 41.3 Å². The quantitative estimate of drug-likeness (QED) is 0.510. The molecular weight excluding hydrogens is 331 g/mol. The van der Waals surface area contributed by atoms with Crippen LogP contribution in [0.25, 0.3) is 0 Å². The molecule has 0 unspecified atom stereocenters. The number of anilines is 1. The molecule has 0 fully saturated rings. The van der Waals surface area contributed by atoms with E-state index in [1.807, 2.05) is 0 Å². The van der Waals surface area contributed by atoms with Crippen molar-refractivity contribution in [2.45, 2.75) is 4.90 Å². The summed E-state index contributed by atoms with van der Waals surface area (Å²) in [7, 11) is 0. The van der Waals surface area contributed by atoms with E-state index in [4.69, 9.17) is 11.6 Å². The zero-order valence-electron chi connectivity index (χ0n) is 11.3. The lowest BCUT2D eigenvalue weighted by Crippen LogP contribution is -2.12. The topological polar surface area (TPSA) is 72.2 Å². The van der Waals surface area contributed by atoms with Crippen molar-refractivity contribution in [2.24, 2.45) is 0 Å². The van der Waals surface area contributed by atoms with Gasteiger partial charge < -0.3 is 5.32 Å². The summed E-state index contributed by atoms with van der Waals surface area (Å²) in [6, 6.07) is 7.93. The molecule has 22 heavy (non-hydrogen) atoms. The van der Waals surface area contributed by atoms with E-state index in [9.17, 15) is 19.3 Å². The van der Waals surface area contributed by atoms with E-state index < -0.39 is 16.6 Å². The predicted molar refractivity (Wildman–Crippen MR) is 84.2 cm³/mol. The van der Waals surface area contributed by atoms with Gasteiger partial charge in [0.25, 0.3) is 11.6 Å². The summed E-state index contributed by atoms with van der Waals surface area (Å²) in [4.78, 5) is 23.0. The van der Waals surface area contributed by atoms with E-state index >= 15 is 0 Å². The van der Waals surface area contributed by atoms with Crippen molar-refractivity contribution in [3.8, 4) is 0 Å². The van der Waals surface area contributed by atoms with Crippen LogP contribution in [0.5, 0.6) is 0 Å². The second-order valence-corrected chi connectivity index (χ2v) is 5.48. The molecule has 0 aliphatic heterocycles. The number of benzene rings is 2. The van der Waals surface area contributed by atoms with Gasteiger partial charge in [0.1, 0.15) is 5.82 Å². The number of thioether (sulfide) groups is 1. The van der Waals surface area contributed by atoms with Crippen LogP contribution in [0.1, 0.15) is 10.4 Å². The van der Waals surface area contributed by atoms with Crippen LogP contribution >= 0.6 is 23.4 Å². The van der Waals surface area contributed by atoms with Crippen LogP contribution in [0, 0.1) is 15.9 Å². The summed E-state index contributed by atoms with van der Waals surface area (Å²) >= 11 is 6.85. The van der Waals surface area contributed by atoms with Crippen LogP contribution in [-0.4, -0.2) is 17.1 Å². The summed E-state index contributed by atoms with van der Waals surface area (Å²) in [6.45, 7) is 0. The average molecular weight is 341 g/mol. The minimum Gasteiger partial charge on any atom is -0.322 e. The second kappa shape index (κ2) is 6.76. The maximum Gasteiger partial charge on any atom is 0.283 e. The fourth-order valence-corrected chi connectivity index (χ4v) is 2.48. The number of amides is 1. The minimum atomic E-state index is -0.598. The van der Waals surface area contributed by atoms with Gasteiger partial charge in [0.2, 0.25) is 0 Å². The van der Waals surface area contributed by atoms with Gasteiger partial charge in [0.05, 0.1) is 14.8 Å². The highest BCUT2D eigenvalue weighted by Gasteiger charge is 2.17. The maximum absolute atomic E-state index is 13.1. The lowest BCUT2D eigenvalue weighted by atomic mass is 10.2. The largest absolute Gasteiger partial charge is 0.322 e. The lowest BCUT2D eigenvalue weighted by Gasteiger charge is -2.07. The summed E-state index contributed by atoms with van der Waals surface area (Å²) in [6.07, 6.45) is 1.71. The monoisotopic (exact) mass is 340 g/mol. The van der Waals surface area contributed by atoms with Crippen molar-refractivity contribution in [3.63, 3.8) is 0 Å². The van der Waals surface area contributed by atoms with Crippen LogP contribution in [0.3, 0.4) is 0 Å². The Kier molecular flexibility index (Phi) is 4.99. The third kappa shape index (κ3) is 3.55. The molecule has 0 aliphatic rings. The van der Waals surface area contributed by atoms with Crippen LogP contribution in [0.2, 0.25) is 5.02 Å². The molecular formula is C14H10ClFN2O3S. The summed E-state index contributed by atoms with van der Waals surface area (Å²) in [5.74, 6) is -1.14. The lowest BCUT2D eigenvalue weighted by molar-refractivity contribution is -0.387. The van der Waals surface area contributed by atoms with Crippen molar-refractivity contribution in [2.75, 3.05) is 11.6 Å². The molecule has 0 atom stereocenters. The Labute approximate surface area is 134 Å². The van der Waals surface area contributed by atoms with Gasteiger partial charge >= 0.3 is 0 Å². The fourth-order valence-electron chi connectivity index (χ4n) is 1.75. The molecule has 0 saturated carbocycles. The van der Waals surface area contributed by atoms with E-state index in [0.29, 0.717) is 10.6 Å². The number of halogens is 2. The van der Waals surface area contributed by atoms with Crippen molar-refractivity contribution in [3.05, 3.63) is 62.9 Å². The molecule has 1 N–H and O–H groups in total. The highest BCUT2D eigenvalue weighted by molar-refractivity contribution is 7.98. The number of nitrogens with zero attached hydrogens (tertiary/aromatic N) is 1. The normalized spacial score (nSPS) is 10.3. The third-order valence-corrected chi connectivity index (χ3v) is 3.89. The highest BCUT2D eigenvalue weighted by Crippen LogP contribution is 2.28. The number of hydrogen-bond acceptors (Lipinski definition) is 4. The summed E-state index contributed by atoms with van der Waals surface area (Å²) in [5.41, 5.74) is 0.287.